The molecule has 0 saturated carbocycles. The van der Waals surface area contributed by atoms with Gasteiger partial charge in [0.1, 0.15) is 12.4 Å². The van der Waals surface area contributed by atoms with Gasteiger partial charge in [0.25, 0.3) is 5.69 Å². The second-order valence-corrected chi connectivity index (χ2v) is 5.67. The van der Waals surface area contributed by atoms with Crippen LogP contribution >= 0.6 is 11.3 Å². The highest BCUT2D eigenvalue weighted by Crippen LogP contribution is 2.26. The molecule has 0 spiro atoms. The highest BCUT2D eigenvalue weighted by atomic mass is 32.1. The summed E-state index contributed by atoms with van der Waals surface area (Å²) in [6.07, 6.45) is 2.80. The maximum absolute atomic E-state index is 10.8. The molecule has 0 unspecified atom stereocenters. The second kappa shape index (κ2) is 7.03. The van der Waals surface area contributed by atoms with Crippen LogP contribution in [0.25, 0.3) is 0 Å². The number of hydrogen-bond acceptors (Lipinski definition) is 6. The first kappa shape index (κ1) is 15.2. The van der Waals surface area contributed by atoms with Crippen LogP contribution in [0.1, 0.15) is 23.8 Å². The lowest BCUT2D eigenvalue weighted by Gasteiger charge is -2.07. The number of aryl methyl sites for hydroxylation is 1. The van der Waals surface area contributed by atoms with E-state index in [1.165, 1.54) is 23.5 Å². The van der Waals surface area contributed by atoms with E-state index < -0.39 is 4.92 Å². The Kier molecular flexibility index (Phi) is 5.10. The van der Waals surface area contributed by atoms with Gasteiger partial charge in [0.15, 0.2) is 5.13 Å². The Labute approximate surface area is 126 Å². The SMILES string of the molecule is CCCNc1ncc(COc2cc([N+](=O)[O-])ccc2C)s1. The van der Waals surface area contributed by atoms with E-state index in [1.54, 1.807) is 12.3 Å². The lowest BCUT2D eigenvalue weighted by atomic mass is 10.2. The molecule has 6 nitrogen and oxygen atoms in total. The summed E-state index contributed by atoms with van der Waals surface area (Å²) < 4.78 is 5.67. The number of anilines is 1. The average Bonchev–Trinajstić information content (AvgIpc) is 2.92. The summed E-state index contributed by atoms with van der Waals surface area (Å²) in [5.41, 5.74) is 0.902. The number of nitrogens with zero attached hydrogens (tertiary/aromatic N) is 2. The normalized spacial score (nSPS) is 10.4. The number of hydrogen-bond donors (Lipinski definition) is 1. The number of nitro benzene ring substituents is 1. The first-order valence-electron chi connectivity index (χ1n) is 6.66. The summed E-state index contributed by atoms with van der Waals surface area (Å²) in [4.78, 5) is 15.6. The fraction of sp³-hybridized carbons (Fsp3) is 0.357. The largest absolute Gasteiger partial charge is 0.487 e. The number of nitro groups is 1. The highest BCUT2D eigenvalue weighted by molar-refractivity contribution is 7.15. The number of ether oxygens (including phenoxy) is 1. The molecular weight excluding hydrogens is 290 g/mol. The van der Waals surface area contributed by atoms with Gasteiger partial charge in [-0.1, -0.05) is 18.3 Å². The van der Waals surface area contributed by atoms with Gasteiger partial charge in [-0.3, -0.25) is 10.1 Å². The van der Waals surface area contributed by atoms with E-state index in [9.17, 15) is 10.1 Å². The molecule has 0 aliphatic heterocycles. The van der Waals surface area contributed by atoms with Gasteiger partial charge in [0, 0.05) is 18.8 Å². The van der Waals surface area contributed by atoms with Crippen molar-refractivity contribution < 1.29 is 9.66 Å². The van der Waals surface area contributed by atoms with Crippen LogP contribution < -0.4 is 10.1 Å². The highest BCUT2D eigenvalue weighted by Gasteiger charge is 2.10. The van der Waals surface area contributed by atoms with Crippen LogP contribution in [0.4, 0.5) is 10.8 Å². The van der Waals surface area contributed by atoms with Gasteiger partial charge in [0.05, 0.1) is 15.9 Å². The van der Waals surface area contributed by atoms with Crippen molar-refractivity contribution in [2.24, 2.45) is 0 Å². The van der Waals surface area contributed by atoms with Gasteiger partial charge >= 0.3 is 0 Å². The lowest BCUT2D eigenvalue weighted by molar-refractivity contribution is -0.385. The van der Waals surface area contributed by atoms with Crippen LogP contribution in [0.3, 0.4) is 0 Å². The van der Waals surface area contributed by atoms with Crippen molar-refractivity contribution in [1.29, 1.82) is 0 Å². The summed E-state index contributed by atoms with van der Waals surface area (Å²) >= 11 is 1.53. The van der Waals surface area contributed by atoms with Gasteiger partial charge in [-0.15, -0.1) is 0 Å². The number of benzene rings is 1. The molecule has 0 atom stereocenters. The van der Waals surface area contributed by atoms with Gasteiger partial charge in [-0.05, 0) is 25.0 Å². The summed E-state index contributed by atoms with van der Waals surface area (Å²) in [5, 5.41) is 14.9. The molecule has 0 bridgehead atoms. The molecule has 2 rings (SSSR count). The van der Waals surface area contributed by atoms with Crippen molar-refractivity contribution in [3.63, 3.8) is 0 Å². The quantitative estimate of drug-likeness (QED) is 0.622. The molecule has 1 aromatic carbocycles. The van der Waals surface area contributed by atoms with Crippen LogP contribution in [-0.4, -0.2) is 16.5 Å². The Morgan fingerprint density at radius 1 is 1.48 bits per heavy atom. The predicted octanol–water partition coefficient (Wildman–Crippen LogP) is 3.76. The van der Waals surface area contributed by atoms with Crippen molar-refractivity contribution in [3.8, 4) is 5.75 Å². The molecule has 0 aliphatic rings. The number of nitrogens with one attached hydrogen (secondary N) is 1. The van der Waals surface area contributed by atoms with Crippen LogP contribution in [0.5, 0.6) is 5.75 Å². The molecule has 0 fully saturated rings. The Morgan fingerprint density at radius 3 is 3.00 bits per heavy atom. The molecule has 2 aromatic rings. The smallest absolute Gasteiger partial charge is 0.273 e. The molecule has 1 heterocycles. The summed E-state index contributed by atoms with van der Waals surface area (Å²) in [5.74, 6) is 0.528. The number of non-ortho nitro benzene ring substituents is 1. The summed E-state index contributed by atoms with van der Waals surface area (Å²) in [7, 11) is 0. The molecule has 0 saturated heterocycles. The third-order valence-electron chi connectivity index (χ3n) is 2.83. The fourth-order valence-electron chi connectivity index (χ4n) is 1.69. The monoisotopic (exact) mass is 307 g/mol. The lowest BCUT2D eigenvalue weighted by Crippen LogP contribution is -1.98. The average molecular weight is 307 g/mol. The zero-order chi connectivity index (χ0) is 15.2. The van der Waals surface area contributed by atoms with Gasteiger partial charge in [0.2, 0.25) is 0 Å². The van der Waals surface area contributed by atoms with Crippen LogP contribution in [0.2, 0.25) is 0 Å². The van der Waals surface area contributed by atoms with Crippen LogP contribution in [-0.2, 0) is 6.61 Å². The van der Waals surface area contributed by atoms with E-state index in [0.29, 0.717) is 12.4 Å². The topological polar surface area (TPSA) is 77.3 Å². The fourth-order valence-corrected chi connectivity index (χ4v) is 2.45. The van der Waals surface area contributed by atoms with Gasteiger partial charge < -0.3 is 10.1 Å². The molecular formula is C14H17N3O3S. The van der Waals surface area contributed by atoms with Crippen molar-refractivity contribution in [2.45, 2.75) is 26.9 Å². The maximum atomic E-state index is 10.8. The molecule has 0 radical (unpaired) electrons. The van der Waals surface area contributed by atoms with E-state index in [-0.39, 0.29) is 5.69 Å². The zero-order valence-corrected chi connectivity index (χ0v) is 12.8. The molecule has 21 heavy (non-hydrogen) atoms. The van der Waals surface area contributed by atoms with Crippen LogP contribution in [0.15, 0.2) is 24.4 Å². The Hall–Kier alpha value is -2.15. The Morgan fingerprint density at radius 2 is 2.29 bits per heavy atom. The van der Waals surface area contributed by atoms with Crippen LogP contribution in [0, 0.1) is 17.0 Å². The molecule has 0 aliphatic carbocycles. The van der Waals surface area contributed by atoms with Crippen molar-refractivity contribution in [2.75, 3.05) is 11.9 Å². The Balaban J connectivity index is 2.00. The number of aromatic nitrogens is 1. The number of thiazole rings is 1. The molecule has 1 N–H and O–H groups in total. The molecule has 7 heteroatoms. The van der Waals surface area contributed by atoms with Gasteiger partial charge in [-0.25, -0.2) is 4.98 Å². The minimum absolute atomic E-state index is 0.0326. The van der Waals surface area contributed by atoms with E-state index >= 15 is 0 Å². The number of rotatable bonds is 7. The van der Waals surface area contributed by atoms with E-state index in [0.717, 1.165) is 28.5 Å². The minimum Gasteiger partial charge on any atom is -0.487 e. The van der Waals surface area contributed by atoms with Gasteiger partial charge in [-0.2, -0.15) is 0 Å². The van der Waals surface area contributed by atoms with E-state index in [2.05, 4.69) is 17.2 Å². The first-order valence-corrected chi connectivity index (χ1v) is 7.48. The van der Waals surface area contributed by atoms with Crippen molar-refractivity contribution in [3.05, 3.63) is 45.0 Å². The second-order valence-electron chi connectivity index (χ2n) is 4.55. The summed E-state index contributed by atoms with van der Waals surface area (Å²) in [6.45, 7) is 5.20. The summed E-state index contributed by atoms with van der Waals surface area (Å²) in [6, 6.07) is 4.61. The van der Waals surface area contributed by atoms with Crippen molar-refractivity contribution in [1.82, 2.24) is 4.98 Å². The van der Waals surface area contributed by atoms with E-state index in [4.69, 9.17) is 4.74 Å². The third kappa shape index (κ3) is 4.16. The predicted molar refractivity (Wildman–Crippen MR) is 83.1 cm³/mol. The molecule has 1 aromatic heterocycles. The standard InChI is InChI=1S/C14H17N3O3S/c1-3-6-15-14-16-8-12(21-14)9-20-13-7-11(17(18)19)5-4-10(13)2/h4-5,7-8H,3,6,9H2,1-2H3,(H,15,16). The minimum atomic E-state index is -0.425. The Bertz CT molecular complexity index is 628. The zero-order valence-electron chi connectivity index (χ0n) is 12.0. The van der Waals surface area contributed by atoms with E-state index in [1.807, 2.05) is 6.92 Å². The first-order chi connectivity index (χ1) is 10.1. The van der Waals surface area contributed by atoms with Crippen molar-refractivity contribution >= 4 is 22.2 Å². The third-order valence-corrected chi connectivity index (χ3v) is 3.76. The molecule has 112 valence electrons. The maximum Gasteiger partial charge on any atom is 0.273 e. The molecule has 0 amide bonds.